The van der Waals surface area contributed by atoms with E-state index in [1.807, 2.05) is 0 Å². The van der Waals surface area contributed by atoms with Crippen LogP contribution < -0.4 is 0 Å². The number of allylic oxidation sites excluding steroid dienone is 8. The summed E-state index contributed by atoms with van der Waals surface area (Å²) in [6.45, 7) is 3.60. The number of carbonyl (C=O) groups excluding carboxylic acids is 2. The Kier molecular flexibility index (Phi) is 33.4. The van der Waals surface area contributed by atoms with Crippen LogP contribution in [0.1, 0.15) is 168 Å². The summed E-state index contributed by atoms with van der Waals surface area (Å²) in [6, 6.07) is 0. The van der Waals surface area contributed by atoms with Crippen LogP contribution in [0.5, 0.6) is 0 Å². The van der Waals surface area contributed by atoms with Gasteiger partial charge in [-0.05, 0) is 64.2 Å². The molecule has 0 heterocycles. The topological polar surface area (TPSA) is 119 Å². The highest BCUT2D eigenvalue weighted by molar-refractivity contribution is 7.46. The average molecular weight is 697 g/mol. The van der Waals surface area contributed by atoms with Crippen molar-refractivity contribution in [3.05, 3.63) is 48.6 Å². The van der Waals surface area contributed by atoms with Crippen molar-refractivity contribution in [2.45, 2.75) is 174 Å². The third-order valence-electron chi connectivity index (χ3n) is 7.88. The number of phosphoric ester groups is 1. The van der Waals surface area contributed by atoms with Crippen LogP contribution in [-0.2, 0) is 28.2 Å². The molecule has 0 unspecified atom stereocenters. The van der Waals surface area contributed by atoms with Gasteiger partial charge in [-0.3, -0.25) is 14.1 Å². The maximum Gasteiger partial charge on any atom is 0.469 e. The van der Waals surface area contributed by atoms with E-state index >= 15 is 0 Å². The highest BCUT2D eigenvalue weighted by atomic mass is 31.2. The van der Waals surface area contributed by atoms with E-state index in [4.69, 9.17) is 19.3 Å². The summed E-state index contributed by atoms with van der Waals surface area (Å²) < 4.78 is 26.3. The zero-order valence-corrected chi connectivity index (χ0v) is 31.3. The first-order valence-electron chi connectivity index (χ1n) is 19.0. The van der Waals surface area contributed by atoms with Crippen molar-refractivity contribution in [2.75, 3.05) is 13.2 Å². The van der Waals surface area contributed by atoms with Crippen LogP contribution in [0.4, 0.5) is 0 Å². The number of rotatable bonds is 34. The molecule has 0 aromatic rings. The fraction of sp³-hybridized carbons (Fsp3) is 0.744. The number of unbranched alkanes of at least 4 members (excludes halogenated alkanes) is 18. The van der Waals surface area contributed by atoms with Crippen LogP contribution >= 0.6 is 7.82 Å². The molecule has 0 rings (SSSR count). The first-order chi connectivity index (χ1) is 23.3. The molecule has 0 fully saturated rings. The van der Waals surface area contributed by atoms with Gasteiger partial charge in [0, 0.05) is 12.8 Å². The van der Waals surface area contributed by atoms with Crippen molar-refractivity contribution in [3.63, 3.8) is 0 Å². The molecular formula is C39H69O8P. The first kappa shape index (κ1) is 46.0. The van der Waals surface area contributed by atoms with Gasteiger partial charge >= 0.3 is 19.8 Å². The molecule has 0 bridgehead atoms. The van der Waals surface area contributed by atoms with Gasteiger partial charge in [-0.2, -0.15) is 0 Å². The first-order valence-corrected chi connectivity index (χ1v) is 20.5. The highest BCUT2D eigenvalue weighted by Gasteiger charge is 2.22. The molecule has 0 aliphatic carbocycles. The van der Waals surface area contributed by atoms with Crippen LogP contribution in [0.3, 0.4) is 0 Å². The zero-order valence-electron chi connectivity index (χ0n) is 30.4. The predicted octanol–water partition coefficient (Wildman–Crippen LogP) is 11.2. The summed E-state index contributed by atoms with van der Waals surface area (Å²) in [4.78, 5) is 42.7. The number of esters is 2. The van der Waals surface area contributed by atoms with Gasteiger partial charge in [0.05, 0.1) is 6.61 Å². The number of phosphoric acid groups is 1. The second kappa shape index (κ2) is 34.9. The van der Waals surface area contributed by atoms with Gasteiger partial charge in [0.25, 0.3) is 0 Å². The molecule has 0 radical (unpaired) electrons. The van der Waals surface area contributed by atoms with E-state index in [0.717, 1.165) is 77.0 Å². The maximum atomic E-state index is 12.4. The Labute approximate surface area is 293 Å². The second-order valence-corrected chi connectivity index (χ2v) is 13.8. The van der Waals surface area contributed by atoms with Crippen molar-refractivity contribution in [1.82, 2.24) is 0 Å². The molecule has 0 saturated heterocycles. The summed E-state index contributed by atoms with van der Waals surface area (Å²) in [7, 11) is -4.76. The molecule has 278 valence electrons. The van der Waals surface area contributed by atoms with Crippen molar-refractivity contribution >= 4 is 19.8 Å². The molecule has 0 amide bonds. The lowest BCUT2D eigenvalue weighted by molar-refractivity contribution is -0.161. The van der Waals surface area contributed by atoms with Crippen molar-refractivity contribution in [1.29, 1.82) is 0 Å². The highest BCUT2D eigenvalue weighted by Crippen LogP contribution is 2.36. The summed E-state index contributed by atoms with van der Waals surface area (Å²) in [5.74, 6) is -0.923. The van der Waals surface area contributed by atoms with E-state index in [-0.39, 0.29) is 19.4 Å². The van der Waals surface area contributed by atoms with E-state index in [0.29, 0.717) is 12.8 Å². The normalized spacial score (nSPS) is 13.0. The standard InChI is InChI=1S/C39H69O8P/c1-3-5-7-9-11-13-15-17-19-21-23-25-27-29-31-33-38(40)45-35-37(36-46-48(42,43)44)47-39(41)34-32-30-28-26-24-22-20-18-16-14-12-10-8-6-4-2/h13-20,37H,3-12,21-36H2,1-2H3,(H2,42,43,44)/b15-13+,16-14+,19-17+,20-18+/t37-/m1/s1. The molecule has 0 aromatic heterocycles. The average Bonchev–Trinajstić information content (AvgIpc) is 3.05. The Hall–Kier alpha value is -1.99. The summed E-state index contributed by atoms with van der Waals surface area (Å²) in [5, 5.41) is 0. The molecule has 8 nitrogen and oxygen atoms in total. The Morgan fingerprint density at radius 1 is 0.542 bits per heavy atom. The van der Waals surface area contributed by atoms with Crippen molar-refractivity contribution in [3.8, 4) is 0 Å². The van der Waals surface area contributed by atoms with Crippen LogP contribution in [0.25, 0.3) is 0 Å². The van der Waals surface area contributed by atoms with Gasteiger partial charge < -0.3 is 19.3 Å². The van der Waals surface area contributed by atoms with Crippen molar-refractivity contribution in [2.24, 2.45) is 0 Å². The number of hydrogen-bond donors (Lipinski definition) is 2. The third kappa shape index (κ3) is 36.8. The fourth-order valence-corrected chi connectivity index (χ4v) is 5.36. The van der Waals surface area contributed by atoms with E-state index in [1.165, 1.54) is 51.4 Å². The minimum atomic E-state index is -4.76. The quantitative estimate of drug-likeness (QED) is 0.0295. The molecule has 2 N–H and O–H groups in total. The van der Waals surface area contributed by atoms with Gasteiger partial charge in [-0.25, -0.2) is 4.57 Å². The number of hydrogen-bond acceptors (Lipinski definition) is 6. The molecule has 1 atom stereocenters. The lowest BCUT2D eigenvalue weighted by Gasteiger charge is -2.18. The van der Waals surface area contributed by atoms with Crippen LogP contribution in [0.15, 0.2) is 48.6 Å². The Bertz CT molecular complexity index is 921. The number of carbonyl (C=O) groups is 2. The maximum absolute atomic E-state index is 12.4. The molecule has 0 aliphatic rings. The van der Waals surface area contributed by atoms with E-state index < -0.39 is 32.5 Å². The monoisotopic (exact) mass is 696 g/mol. The van der Waals surface area contributed by atoms with Gasteiger partial charge in [-0.15, -0.1) is 0 Å². The van der Waals surface area contributed by atoms with E-state index in [1.54, 1.807) is 0 Å². The summed E-state index contributed by atoms with van der Waals surface area (Å²) >= 11 is 0. The van der Waals surface area contributed by atoms with Gasteiger partial charge in [0.2, 0.25) is 0 Å². The Morgan fingerprint density at radius 2 is 0.917 bits per heavy atom. The Balaban J connectivity index is 4.04. The lowest BCUT2D eigenvalue weighted by atomic mass is 10.1. The van der Waals surface area contributed by atoms with E-state index in [9.17, 15) is 14.2 Å². The predicted molar refractivity (Wildman–Crippen MR) is 198 cm³/mol. The SMILES string of the molecule is CCCCCC/C=C/C=C/CCCCCCCC(=O)OC[C@H](COP(=O)(O)O)OC(=O)CCCCCCC/C=C/C=C/CCCCCC. The number of ether oxygens (including phenoxy) is 2. The summed E-state index contributed by atoms with van der Waals surface area (Å²) in [6.07, 6.45) is 41.1. The molecule has 0 spiro atoms. The van der Waals surface area contributed by atoms with Crippen LogP contribution in [-0.4, -0.2) is 41.0 Å². The molecular weight excluding hydrogens is 627 g/mol. The van der Waals surface area contributed by atoms with Gasteiger partial charge in [-0.1, -0.05) is 140 Å². The van der Waals surface area contributed by atoms with Crippen LogP contribution in [0, 0.1) is 0 Å². The largest absolute Gasteiger partial charge is 0.469 e. The molecule has 9 heteroatoms. The smallest absolute Gasteiger partial charge is 0.462 e. The minimum Gasteiger partial charge on any atom is -0.462 e. The molecule has 0 aliphatic heterocycles. The van der Waals surface area contributed by atoms with Gasteiger partial charge in [0.1, 0.15) is 6.61 Å². The van der Waals surface area contributed by atoms with Gasteiger partial charge in [0.15, 0.2) is 6.10 Å². The summed E-state index contributed by atoms with van der Waals surface area (Å²) in [5.41, 5.74) is 0. The Morgan fingerprint density at radius 3 is 1.33 bits per heavy atom. The minimum absolute atomic E-state index is 0.189. The van der Waals surface area contributed by atoms with Crippen molar-refractivity contribution < 1.29 is 37.9 Å². The second-order valence-electron chi connectivity index (χ2n) is 12.6. The third-order valence-corrected chi connectivity index (χ3v) is 8.36. The zero-order chi connectivity index (χ0) is 35.4. The molecule has 0 saturated carbocycles. The fourth-order valence-electron chi connectivity index (χ4n) is 5.00. The van der Waals surface area contributed by atoms with Crippen LogP contribution in [0.2, 0.25) is 0 Å². The van der Waals surface area contributed by atoms with E-state index in [2.05, 4.69) is 67.0 Å². The lowest BCUT2D eigenvalue weighted by Crippen LogP contribution is -2.29. The molecule has 48 heavy (non-hydrogen) atoms. The molecule has 0 aromatic carbocycles.